The van der Waals surface area contributed by atoms with Gasteiger partial charge in [0.05, 0.1) is 0 Å². The Kier molecular flexibility index (Phi) is 4.49. The number of halogens is 2. The van der Waals surface area contributed by atoms with Gasteiger partial charge in [-0.1, -0.05) is 18.2 Å². The van der Waals surface area contributed by atoms with Crippen molar-refractivity contribution >= 4 is 16.8 Å². The Morgan fingerprint density at radius 3 is 2.50 bits per heavy atom. The normalized spacial score (nSPS) is 16.3. The lowest BCUT2D eigenvalue weighted by atomic mass is 9.99. The van der Waals surface area contributed by atoms with Crippen LogP contribution in [0.25, 0.3) is 22.0 Å². The number of benzene rings is 2. The number of piperidine rings is 1. The molecule has 1 N–H and O–H groups in total. The van der Waals surface area contributed by atoms with Crippen molar-refractivity contribution in [1.29, 1.82) is 0 Å². The Balaban J connectivity index is 1.65. The maximum absolute atomic E-state index is 13.3. The van der Waals surface area contributed by atoms with Crippen LogP contribution < -0.4 is 5.43 Å². The molecule has 2 aromatic carbocycles. The molecular formula is C22H20F2N2O2. The van der Waals surface area contributed by atoms with Crippen LogP contribution in [0.5, 0.6) is 0 Å². The van der Waals surface area contributed by atoms with E-state index >= 15 is 0 Å². The molecule has 0 radical (unpaired) electrons. The SMILES string of the molecule is Cc1cc(=O)c2cc(-c3cccc(C(=O)N4CCC(F)(F)CC4)c3)ccc2[nH]1. The van der Waals surface area contributed by atoms with E-state index in [1.54, 1.807) is 30.3 Å². The fraction of sp³-hybridized carbons (Fsp3) is 0.273. The summed E-state index contributed by atoms with van der Waals surface area (Å²) < 4.78 is 26.7. The topological polar surface area (TPSA) is 53.2 Å². The van der Waals surface area contributed by atoms with Gasteiger partial charge in [-0.15, -0.1) is 0 Å². The van der Waals surface area contributed by atoms with Gasteiger partial charge >= 0.3 is 0 Å². The summed E-state index contributed by atoms with van der Waals surface area (Å²) in [7, 11) is 0. The molecule has 0 bridgehead atoms. The molecular weight excluding hydrogens is 362 g/mol. The highest BCUT2D eigenvalue weighted by Gasteiger charge is 2.35. The van der Waals surface area contributed by atoms with Crippen LogP contribution in [-0.4, -0.2) is 34.8 Å². The minimum Gasteiger partial charge on any atom is -0.358 e. The van der Waals surface area contributed by atoms with E-state index in [1.807, 2.05) is 25.1 Å². The van der Waals surface area contributed by atoms with Crippen molar-refractivity contribution in [2.75, 3.05) is 13.1 Å². The van der Waals surface area contributed by atoms with Gasteiger partial charge in [-0.25, -0.2) is 8.78 Å². The van der Waals surface area contributed by atoms with E-state index in [9.17, 15) is 18.4 Å². The summed E-state index contributed by atoms with van der Waals surface area (Å²) in [6.45, 7) is 1.95. The molecule has 1 saturated heterocycles. The molecule has 0 saturated carbocycles. The molecule has 1 aliphatic rings. The first-order valence-electron chi connectivity index (χ1n) is 9.24. The van der Waals surface area contributed by atoms with Gasteiger partial charge in [0.15, 0.2) is 5.43 Å². The monoisotopic (exact) mass is 382 g/mol. The van der Waals surface area contributed by atoms with Crippen LogP contribution in [0.15, 0.2) is 53.3 Å². The number of nitrogens with one attached hydrogen (secondary N) is 1. The van der Waals surface area contributed by atoms with Crippen molar-refractivity contribution in [3.8, 4) is 11.1 Å². The second-order valence-corrected chi connectivity index (χ2v) is 7.31. The molecule has 6 heteroatoms. The van der Waals surface area contributed by atoms with Gasteiger partial charge < -0.3 is 9.88 Å². The van der Waals surface area contributed by atoms with Gasteiger partial charge in [0.2, 0.25) is 0 Å². The second kappa shape index (κ2) is 6.86. The molecule has 0 unspecified atom stereocenters. The second-order valence-electron chi connectivity index (χ2n) is 7.31. The van der Waals surface area contributed by atoms with E-state index in [2.05, 4.69) is 4.98 Å². The van der Waals surface area contributed by atoms with Crippen LogP contribution in [0.3, 0.4) is 0 Å². The molecule has 28 heavy (non-hydrogen) atoms. The van der Waals surface area contributed by atoms with Crippen molar-refractivity contribution in [3.63, 3.8) is 0 Å². The number of aromatic nitrogens is 1. The fourth-order valence-corrected chi connectivity index (χ4v) is 3.61. The Morgan fingerprint density at radius 1 is 1.04 bits per heavy atom. The van der Waals surface area contributed by atoms with E-state index < -0.39 is 5.92 Å². The predicted octanol–water partition coefficient (Wildman–Crippen LogP) is 4.37. The molecule has 3 aromatic rings. The standard InChI is InChI=1S/C22H20F2N2O2/c1-14-11-20(27)18-13-16(5-6-19(18)25-14)15-3-2-4-17(12-15)21(28)26-9-7-22(23,24)8-10-26/h2-6,11-13H,7-10H2,1H3,(H,25,27). The predicted molar refractivity (Wildman–Crippen MR) is 105 cm³/mol. The zero-order valence-electron chi connectivity index (χ0n) is 15.5. The van der Waals surface area contributed by atoms with Gasteiger partial charge in [0.1, 0.15) is 0 Å². The van der Waals surface area contributed by atoms with Crippen molar-refractivity contribution in [2.24, 2.45) is 0 Å². The zero-order valence-corrected chi connectivity index (χ0v) is 15.5. The molecule has 144 valence electrons. The number of amides is 1. The van der Waals surface area contributed by atoms with Gasteiger partial charge in [-0.3, -0.25) is 9.59 Å². The van der Waals surface area contributed by atoms with Gasteiger partial charge in [-0.05, 0) is 42.3 Å². The summed E-state index contributed by atoms with van der Waals surface area (Å²) in [6.07, 6.45) is -0.601. The third kappa shape index (κ3) is 3.54. The van der Waals surface area contributed by atoms with Crippen LogP contribution in [0, 0.1) is 6.92 Å². The lowest BCUT2D eigenvalue weighted by Gasteiger charge is -2.31. The Bertz CT molecular complexity index is 1110. The highest BCUT2D eigenvalue weighted by molar-refractivity contribution is 5.96. The number of rotatable bonds is 2. The summed E-state index contributed by atoms with van der Waals surface area (Å²) in [5.74, 6) is -2.93. The van der Waals surface area contributed by atoms with Gasteiger partial charge in [0, 0.05) is 54.2 Å². The average molecular weight is 382 g/mol. The van der Waals surface area contributed by atoms with E-state index in [4.69, 9.17) is 0 Å². The van der Waals surface area contributed by atoms with Crippen LogP contribution >= 0.6 is 0 Å². The number of aryl methyl sites for hydroxylation is 1. The third-order valence-electron chi connectivity index (χ3n) is 5.19. The van der Waals surface area contributed by atoms with Crippen molar-refractivity contribution < 1.29 is 13.6 Å². The first-order valence-corrected chi connectivity index (χ1v) is 9.24. The molecule has 2 heterocycles. The smallest absolute Gasteiger partial charge is 0.253 e. The van der Waals surface area contributed by atoms with E-state index in [1.165, 1.54) is 4.90 Å². The summed E-state index contributed by atoms with van der Waals surface area (Å²) in [6, 6.07) is 14.2. The average Bonchev–Trinajstić information content (AvgIpc) is 2.67. The number of nitrogens with zero attached hydrogens (tertiary/aromatic N) is 1. The molecule has 4 nitrogen and oxygen atoms in total. The number of pyridine rings is 1. The number of alkyl halides is 2. The summed E-state index contributed by atoms with van der Waals surface area (Å²) in [4.78, 5) is 29.6. The number of fused-ring (bicyclic) bond motifs is 1. The molecule has 0 spiro atoms. The zero-order chi connectivity index (χ0) is 19.9. The van der Waals surface area contributed by atoms with E-state index in [0.29, 0.717) is 10.9 Å². The van der Waals surface area contributed by atoms with Gasteiger partial charge in [0.25, 0.3) is 11.8 Å². The summed E-state index contributed by atoms with van der Waals surface area (Å²) in [5, 5.41) is 0.582. The highest BCUT2D eigenvalue weighted by atomic mass is 19.3. The minimum atomic E-state index is -2.69. The number of carbonyl (C=O) groups excluding carboxylic acids is 1. The fourth-order valence-electron chi connectivity index (χ4n) is 3.61. The lowest BCUT2D eigenvalue weighted by molar-refractivity contribution is -0.0494. The summed E-state index contributed by atoms with van der Waals surface area (Å²) >= 11 is 0. The molecule has 1 aromatic heterocycles. The van der Waals surface area contributed by atoms with Gasteiger partial charge in [-0.2, -0.15) is 0 Å². The maximum Gasteiger partial charge on any atom is 0.253 e. The first kappa shape index (κ1) is 18.3. The van der Waals surface area contributed by atoms with Crippen molar-refractivity contribution in [2.45, 2.75) is 25.7 Å². The Morgan fingerprint density at radius 2 is 1.75 bits per heavy atom. The van der Waals surface area contributed by atoms with E-state index in [-0.39, 0.29) is 37.3 Å². The molecule has 0 aliphatic carbocycles. The van der Waals surface area contributed by atoms with E-state index in [0.717, 1.165) is 22.3 Å². The van der Waals surface area contributed by atoms with Crippen molar-refractivity contribution in [1.82, 2.24) is 9.88 Å². The summed E-state index contributed by atoms with van der Waals surface area (Å²) in [5.41, 5.74) is 3.58. The van der Waals surface area contributed by atoms with Crippen LogP contribution in [0.2, 0.25) is 0 Å². The molecule has 4 rings (SSSR count). The molecule has 1 fully saturated rings. The Hall–Kier alpha value is -3.02. The molecule has 1 aliphatic heterocycles. The molecule has 0 atom stereocenters. The number of H-pyrrole nitrogens is 1. The van der Waals surface area contributed by atoms with Crippen molar-refractivity contribution in [3.05, 3.63) is 70.0 Å². The minimum absolute atomic E-state index is 0.0563. The number of aromatic amines is 1. The number of carbonyl (C=O) groups is 1. The largest absolute Gasteiger partial charge is 0.358 e. The van der Waals surface area contributed by atoms with Crippen LogP contribution in [0.4, 0.5) is 8.78 Å². The van der Waals surface area contributed by atoms with Crippen LogP contribution in [0.1, 0.15) is 28.9 Å². The number of hydrogen-bond donors (Lipinski definition) is 1. The molecule has 1 amide bonds. The lowest BCUT2D eigenvalue weighted by Crippen LogP contribution is -2.42. The number of likely N-dealkylation sites (tertiary alicyclic amines) is 1. The third-order valence-corrected chi connectivity index (χ3v) is 5.19. The van der Waals surface area contributed by atoms with Crippen LogP contribution in [-0.2, 0) is 0 Å². The quantitative estimate of drug-likeness (QED) is 0.715. The maximum atomic E-state index is 13.3. The number of hydrogen-bond acceptors (Lipinski definition) is 2. The Labute approximate surface area is 160 Å². The first-order chi connectivity index (χ1) is 13.3. The highest BCUT2D eigenvalue weighted by Crippen LogP contribution is 2.29.